The van der Waals surface area contributed by atoms with Crippen LogP contribution >= 0.6 is 11.3 Å². The van der Waals surface area contributed by atoms with Gasteiger partial charge in [-0.3, -0.25) is 19.0 Å². The molecular formula is C20H28N4O4S. The third-order valence-electron chi connectivity index (χ3n) is 5.43. The average molecular weight is 421 g/mol. The van der Waals surface area contributed by atoms with Crippen LogP contribution < -0.4 is 10.9 Å². The lowest BCUT2D eigenvalue weighted by molar-refractivity contribution is -0.137. The van der Waals surface area contributed by atoms with Crippen LogP contribution in [0.25, 0.3) is 10.2 Å². The van der Waals surface area contributed by atoms with Crippen molar-refractivity contribution in [1.82, 2.24) is 19.8 Å². The van der Waals surface area contributed by atoms with Crippen LogP contribution in [0.15, 0.2) is 11.1 Å². The summed E-state index contributed by atoms with van der Waals surface area (Å²) in [4.78, 5) is 45.6. The summed E-state index contributed by atoms with van der Waals surface area (Å²) in [6.45, 7) is 4.25. The van der Waals surface area contributed by atoms with Gasteiger partial charge in [0.05, 0.1) is 24.9 Å². The van der Waals surface area contributed by atoms with Crippen molar-refractivity contribution >= 4 is 33.4 Å². The molecule has 0 atom stereocenters. The van der Waals surface area contributed by atoms with Crippen LogP contribution in [0.5, 0.6) is 0 Å². The van der Waals surface area contributed by atoms with Gasteiger partial charge in [0, 0.05) is 24.6 Å². The van der Waals surface area contributed by atoms with E-state index in [1.165, 1.54) is 27.1 Å². The summed E-state index contributed by atoms with van der Waals surface area (Å²) in [7, 11) is 1.55. The molecule has 9 heteroatoms. The Balaban J connectivity index is 1.73. The van der Waals surface area contributed by atoms with Gasteiger partial charge in [0.25, 0.3) is 5.56 Å². The molecule has 0 aliphatic heterocycles. The summed E-state index contributed by atoms with van der Waals surface area (Å²) in [5, 5.41) is 3.56. The fourth-order valence-corrected chi connectivity index (χ4v) is 4.63. The Bertz CT molecular complexity index is 946. The number of fused-ring (bicyclic) bond motifs is 1. The number of amides is 2. The molecule has 0 radical (unpaired) electrons. The molecule has 0 aromatic carbocycles. The number of ether oxygens (including phenoxy) is 1. The lowest BCUT2D eigenvalue weighted by Gasteiger charge is -2.23. The normalized spacial score (nSPS) is 14.4. The van der Waals surface area contributed by atoms with Gasteiger partial charge in [0.1, 0.15) is 11.4 Å². The number of thiophene rings is 1. The van der Waals surface area contributed by atoms with Crippen LogP contribution in [0.4, 0.5) is 0 Å². The van der Waals surface area contributed by atoms with Gasteiger partial charge in [-0.15, -0.1) is 11.3 Å². The zero-order valence-corrected chi connectivity index (χ0v) is 18.0. The Morgan fingerprint density at radius 3 is 2.76 bits per heavy atom. The number of aryl methyl sites for hydroxylation is 2. The van der Waals surface area contributed by atoms with Crippen molar-refractivity contribution in [2.75, 3.05) is 26.8 Å². The molecule has 1 N–H and O–H groups in total. The van der Waals surface area contributed by atoms with Gasteiger partial charge in [-0.1, -0.05) is 12.8 Å². The monoisotopic (exact) mass is 420 g/mol. The number of carbonyl (C=O) groups excluding carboxylic acids is 2. The topological polar surface area (TPSA) is 93.5 Å². The van der Waals surface area contributed by atoms with Crippen molar-refractivity contribution in [2.45, 2.75) is 52.1 Å². The van der Waals surface area contributed by atoms with E-state index in [-0.39, 0.29) is 43.0 Å². The second-order valence-electron chi connectivity index (χ2n) is 7.50. The van der Waals surface area contributed by atoms with Crippen LogP contribution in [0.3, 0.4) is 0 Å². The van der Waals surface area contributed by atoms with E-state index < -0.39 is 0 Å². The molecule has 1 saturated carbocycles. The first-order chi connectivity index (χ1) is 13.9. The molecule has 0 saturated heterocycles. The zero-order chi connectivity index (χ0) is 21.0. The lowest BCUT2D eigenvalue weighted by atomic mass is 10.2. The van der Waals surface area contributed by atoms with E-state index in [1.807, 2.05) is 13.8 Å². The van der Waals surface area contributed by atoms with E-state index in [1.54, 1.807) is 7.11 Å². The van der Waals surface area contributed by atoms with Crippen molar-refractivity contribution < 1.29 is 14.3 Å². The molecule has 1 aliphatic rings. The number of carbonyl (C=O) groups is 2. The summed E-state index contributed by atoms with van der Waals surface area (Å²) in [5.41, 5.74) is 0.670. The van der Waals surface area contributed by atoms with Crippen LogP contribution in [-0.2, 0) is 20.9 Å². The van der Waals surface area contributed by atoms with Gasteiger partial charge in [-0.05, 0) is 32.3 Å². The lowest BCUT2D eigenvalue weighted by Crippen LogP contribution is -2.46. The Morgan fingerprint density at radius 2 is 2.07 bits per heavy atom. The largest absolute Gasteiger partial charge is 0.383 e. The van der Waals surface area contributed by atoms with E-state index >= 15 is 0 Å². The molecule has 0 bridgehead atoms. The highest BCUT2D eigenvalue weighted by atomic mass is 32.1. The quantitative estimate of drug-likeness (QED) is 0.700. The SMILES string of the molecule is COCCN(CC(=O)NC1CCCC1)C(=O)Cn1cnc2sc(C)c(C)c2c1=O. The van der Waals surface area contributed by atoms with Crippen LogP contribution in [0.1, 0.15) is 36.1 Å². The predicted octanol–water partition coefficient (Wildman–Crippen LogP) is 1.61. The molecule has 158 valence electrons. The van der Waals surface area contributed by atoms with Crippen molar-refractivity contribution in [3.8, 4) is 0 Å². The van der Waals surface area contributed by atoms with E-state index in [9.17, 15) is 14.4 Å². The summed E-state index contributed by atoms with van der Waals surface area (Å²) in [5.74, 6) is -0.483. The molecule has 2 aromatic rings. The fraction of sp³-hybridized carbons (Fsp3) is 0.600. The maximum absolute atomic E-state index is 12.9. The molecule has 2 aromatic heterocycles. The molecule has 8 nitrogen and oxygen atoms in total. The van der Waals surface area contributed by atoms with Crippen LogP contribution in [0, 0.1) is 13.8 Å². The number of methoxy groups -OCH3 is 1. The second-order valence-corrected chi connectivity index (χ2v) is 8.70. The van der Waals surface area contributed by atoms with Crippen molar-refractivity contribution in [2.24, 2.45) is 0 Å². The highest BCUT2D eigenvalue weighted by Crippen LogP contribution is 2.25. The maximum Gasteiger partial charge on any atom is 0.262 e. The molecule has 0 unspecified atom stereocenters. The Morgan fingerprint density at radius 1 is 1.34 bits per heavy atom. The second kappa shape index (κ2) is 9.49. The molecular weight excluding hydrogens is 392 g/mol. The van der Waals surface area contributed by atoms with Gasteiger partial charge in [0.15, 0.2) is 0 Å². The molecule has 3 rings (SSSR count). The van der Waals surface area contributed by atoms with Crippen LogP contribution in [-0.4, -0.2) is 59.1 Å². The van der Waals surface area contributed by atoms with Gasteiger partial charge in [0.2, 0.25) is 11.8 Å². The molecule has 2 heterocycles. The predicted molar refractivity (Wildman–Crippen MR) is 112 cm³/mol. The molecule has 1 aliphatic carbocycles. The minimum atomic E-state index is -0.309. The first kappa shape index (κ1) is 21.4. The van der Waals surface area contributed by atoms with Gasteiger partial charge < -0.3 is 15.0 Å². The van der Waals surface area contributed by atoms with Crippen molar-refractivity contribution in [3.63, 3.8) is 0 Å². The molecule has 0 spiro atoms. The molecule has 29 heavy (non-hydrogen) atoms. The zero-order valence-electron chi connectivity index (χ0n) is 17.2. The third kappa shape index (κ3) is 5.02. The maximum atomic E-state index is 12.9. The third-order valence-corrected chi connectivity index (χ3v) is 6.55. The standard InChI is InChI=1S/C20H28N4O4S/c1-13-14(2)29-19-18(13)20(27)24(12-21-19)11-17(26)23(8-9-28-3)10-16(25)22-15-6-4-5-7-15/h12,15H,4-11H2,1-3H3,(H,22,25). The highest BCUT2D eigenvalue weighted by molar-refractivity contribution is 7.18. The van der Waals surface area contributed by atoms with Crippen LogP contribution in [0.2, 0.25) is 0 Å². The summed E-state index contributed by atoms with van der Waals surface area (Å²) in [6, 6.07) is 0.195. The smallest absolute Gasteiger partial charge is 0.262 e. The first-order valence-electron chi connectivity index (χ1n) is 9.92. The highest BCUT2D eigenvalue weighted by Gasteiger charge is 2.22. The summed E-state index contributed by atoms with van der Waals surface area (Å²) in [6.07, 6.45) is 5.62. The molecule has 1 fully saturated rings. The minimum absolute atomic E-state index is 0.0420. The van der Waals surface area contributed by atoms with Gasteiger partial charge >= 0.3 is 0 Å². The van der Waals surface area contributed by atoms with Crippen molar-refractivity contribution in [3.05, 3.63) is 27.1 Å². The van der Waals surface area contributed by atoms with E-state index in [4.69, 9.17) is 4.74 Å². The Labute approximate surface area is 173 Å². The van der Waals surface area contributed by atoms with E-state index in [0.29, 0.717) is 16.8 Å². The number of nitrogens with one attached hydrogen (secondary N) is 1. The Hall–Kier alpha value is -2.26. The van der Waals surface area contributed by atoms with E-state index in [2.05, 4.69) is 10.3 Å². The summed E-state index contributed by atoms with van der Waals surface area (Å²) < 4.78 is 6.40. The number of aromatic nitrogens is 2. The average Bonchev–Trinajstić information content (AvgIpc) is 3.29. The molecule has 2 amide bonds. The van der Waals surface area contributed by atoms with Crippen molar-refractivity contribution in [1.29, 1.82) is 0 Å². The van der Waals surface area contributed by atoms with Gasteiger partial charge in [-0.25, -0.2) is 4.98 Å². The first-order valence-corrected chi connectivity index (χ1v) is 10.7. The minimum Gasteiger partial charge on any atom is -0.383 e. The Kier molecular flexibility index (Phi) is 7.02. The number of hydrogen-bond donors (Lipinski definition) is 1. The fourth-order valence-electron chi connectivity index (χ4n) is 3.64. The van der Waals surface area contributed by atoms with E-state index in [0.717, 1.165) is 36.1 Å². The summed E-state index contributed by atoms with van der Waals surface area (Å²) >= 11 is 1.47. The number of rotatable bonds is 8. The number of nitrogens with zero attached hydrogens (tertiary/aromatic N) is 3. The number of hydrogen-bond acceptors (Lipinski definition) is 6. The van der Waals surface area contributed by atoms with Gasteiger partial charge in [-0.2, -0.15) is 0 Å².